The third kappa shape index (κ3) is 2.64. The monoisotopic (exact) mass is 309 g/mol. The number of carbonyl (C=O) groups is 1. The molecule has 4 heteroatoms. The van der Waals surface area contributed by atoms with Crippen LogP contribution in [0.2, 0.25) is 0 Å². The fraction of sp³-hybridized carbons (Fsp3) is 0.706. The molecule has 0 aliphatic heterocycles. The standard InChI is InChI=1S/C17H27NO2S/c1-11-10-13(21-12(11)2)18(8-7-9-19)15(20)14-16(3,4)17(14,5)6/h10,14,19H,7-9H2,1-6H3. The number of aliphatic hydroxyl groups excluding tert-OH is 1. The lowest BCUT2D eigenvalue weighted by Crippen LogP contribution is -2.34. The van der Waals surface area contributed by atoms with Crippen molar-refractivity contribution in [1.29, 1.82) is 0 Å². The Bertz CT molecular complexity index is 511. The Morgan fingerprint density at radius 2 is 1.86 bits per heavy atom. The lowest BCUT2D eigenvalue weighted by atomic mass is 10.0. The van der Waals surface area contributed by atoms with Crippen molar-refractivity contribution in [2.24, 2.45) is 16.7 Å². The molecule has 0 aromatic carbocycles. The molecule has 21 heavy (non-hydrogen) atoms. The van der Waals surface area contributed by atoms with Crippen LogP contribution in [-0.2, 0) is 4.79 Å². The third-order valence-electron chi connectivity index (χ3n) is 5.49. The molecular weight excluding hydrogens is 282 g/mol. The van der Waals surface area contributed by atoms with Crippen molar-refractivity contribution in [1.82, 2.24) is 0 Å². The Morgan fingerprint density at radius 1 is 1.29 bits per heavy atom. The highest BCUT2D eigenvalue weighted by molar-refractivity contribution is 7.16. The van der Waals surface area contributed by atoms with E-state index in [2.05, 4.69) is 47.6 Å². The zero-order chi connectivity index (χ0) is 16.0. The van der Waals surface area contributed by atoms with Gasteiger partial charge in [-0.2, -0.15) is 0 Å². The lowest BCUT2D eigenvalue weighted by molar-refractivity contribution is -0.120. The van der Waals surface area contributed by atoms with Crippen LogP contribution in [0.5, 0.6) is 0 Å². The average Bonchev–Trinajstić information content (AvgIpc) is 2.62. The summed E-state index contributed by atoms with van der Waals surface area (Å²) in [7, 11) is 0. The van der Waals surface area contributed by atoms with E-state index in [1.54, 1.807) is 11.3 Å². The number of nitrogens with zero attached hydrogens (tertiary/aromatic N) is 1. The van der Waals surface area contributed by atoms with Crippen molar-refractivity contribution < 1.29 is 9.90 Å². The molecule has 1 saturated carbocycles. The molecule has 0 saturated heterocycles. The van der Waals surface area contributed by atoms with Crippen molar-refractivity contribution in [3.05, 3.63) is 16.5 Å². The Labute approximate surface area is 132 Å². The highest BCUT2D eigenvalue weighted by atomic mass is 32.1. The van der Waals surface area contributed by atoms with Crippen LogP contribution < -0.4 is 4.90 Å². The molecular formula is C17H27NO2S. The van der Waals surface area contributed by atoms with E-state index >= 15 is 0 Å². The predicted octanol–water partition coefficient (Wildman–Crippen LogP) is 3.76. The molecule has 1 aliphatic carbocycles. The first kappa shape index (κ1) is 16.5. The number of carbonyl (C=O) groups excluding carboxylic acids is 1. The molecule has 0 radical (unpaired) electrons. The van der Waals surface area contributed by atoms with Gasteiger partial charge in [0.2, 0.25) is 5.91 Å². The fourth-order valence-electron chi connectivity index (χ4n) is 3.21. The van der Waals surface area contributed by atoms with Gasteiger partial charge in [0.05, 0.1) is 5.00 Å². The van der Waals surface area contributed by atoms with Crippen LogP contribution >= 0.6 is 11.3 Å². The first-order chi connectivity index (χ1) is 9.64. The molecule has 2 rings (SSSR count). The minimum atomic E-state index is 0.0445. The number of hydrogen-bond donors (Lipinski definition) is 1. The van der Waals surface area contributed by atoms with Crippen molar-refractivity contribution in [2.75, 3.05) is 18.1 Å². The summed E-state index contributed by atoms with van der Waals surface area (Å²) >= 11 is 1.67. The van der Waals surface area contributed by atoms with Crippen LogP contribution in [0.3, 0.4) is 0 Å². The van der Waals surface area contributed by atoms with Crippen LogP contribution in [0.4, 0.5) is 5.00 Å². The second kappa shape index (κ2) is 5.40. The molecule has 1 aromatic heterocycles. The summed E-state index contributed by atoms with van der Waals surface area (Å²) in [4.78, 5) is 16.2. The summed E-state index contributed by atoms with van der Waals surface area (Å²) in [6.07, 6.45) is 0.620. The minimum absolute atomic E-state index is 0.0445. The zero-order valence-corrected chi connectivity index (χ0v) is 14.8. The summed E-state index contributed by atoms with van der Waals surface area (Å²) in [5.41, 5.74) is 1.32. The number of amides is 1. The van der Waals surface area contributed by atoms with Gasteiger partial charge in [0.15, 0.2) is 0 Å². The number of hydrogen-bond acceptors (Lipinski definition) is 3. The second-order valence-electron chi connectivity index (χ2n) is 7.27. The van der Waals surface area contributed by atoms with Gasteiger partial charge in [-0.05, 0) is 42.7 Å². The predicted molar refractivity (Wildman–Crippen MR) is 88.9 cm³/mol. The van der Waals surface area contributed by atoms with Crippen LogP contribution in [0.25, 0.3) is 0 Å². The maximum absolute atomic E-state index is 13.0. The molecule has 1 amide bonds. The maximum atomic E-state index is 13.0. The number of thiophene rings is 1. The Kier molecular flexibility index (Phi) is 4.24. The number of anilines is 1. The van der Waals surface area contributed by atoms with Gasteiger partial charge in [-0.3, -0.25) is 4.79 Å². The lowest BCUT2D eigenvalue weighted by Gasteiger charge is -2.22. The molecule has 1 fully saturated rings. The van der Waals surface area contributed by atoms with E-state index in [4.69, 9.17) is 5.11 Å². The van der Waals surface area contributed by atoms with Crippen molar-refractivity contribution in [3.8, 4) is 0 Å². The largest absolute Gasteiger partial charge is 0.396 e. The summed E-state index contributed by atoms with van der Waals surface area (Å²) < 4.78 is 0. The Hall–Kier alpha value is -0.870. The van der Waals surface area contributed by atoms with Crippen molar-refractivity contribution in [2.45, 2.75) is 48.0 Å². The van der Waals surface area contributed by atoms with Gasteiger partial charge in [-0.25, -0.2) is 0 Å². The van der Waals surface area contributed by atoms with Gasteiger partial charge in [-0.1, -0.05) is 27.7 Å². The fourth-order valence-corrected chi connectivity index (χ4v) is 4.27. The van der Waals surface area contributed by atoms with Crippen molar-refractivity contribution in [3.63, 3.8) is 0 Å². The van der Waals surface area contributed by atoms with E-state index in [9.17, 15) is 4.79 Å². The van der Waals surface area contributed by atoms with Gasteiger partial charge < -0.3 is 10.0 Å². The quantitative estimate of drug-likeness (QED) is 0.899. The summed E-state index contributed by atoms with van der Waals surface area (Å²) in [6, 6.07) is 2.09. The molecule has 1 aliphatic rings. The maximum Gasteiger partial charge on any atom is 0.231 e. The summed E-state index contributed by atoms with van der Waals surface area (Å²) in [5.74, 6) is 0.270. The van der Waals surface area contributed by atoms with E-state index < -0.39 is 0 Å². The molecule has 1 heterocycles. The molecule has 1 aromatic rings. The van der Waals surface area contributed by atoms with Crippen LogP contribution in [-0.4, -0.2) is 24.2 Å². The molecule has 0 spiro atoms. The smallest absolute Gasteiger partial charge is 0.231 e. The average molecular weight is 309 g/mol. The van der Waals surface area contributed by atoms with E-state index in [-0.39, 0.29) is 29.3 Å². The highest BCUT2D eigenvalue weighted by Crippen LogP contribution is 2.69. The van der Waals surface area contributed by atoms with E-state index in [1.165, 1.54) is 10.4 Å². The van der Waals surface area contributed by atoms with E-state index in [0.717, 1.165) is 5.00 Å². The van der Waals surface area contributed by atoms with Gasteiger partial charge in [0.25, 0.3) is 0 Å². The molecule has 0 atom stereocenters. The van der Waals surface area contributed by atoms with Gasteiger partial charge in [-0.15, -0.1) is 11.3 Å². The first-order valence-electron chi connectivity index (χ1n) is 7.64. The van der Waals surface area contributed by atoms with Crippen LogP contribution in [0, 0.1) is 30.6 Å². The summed E-state index contributed by atoms with van der Waals surface area (Å²) in [5, 5.41) is 10.1. The van der Waals surface area contributed by atoms with Gasteiger partial charge in [0.1, 0.15) is 0 Å². The topological polar surface area (TPSA) is 40.5 Å². The van der Waals surface area contributed by atoms with E-state index in [0.29, 0.717) is 13.0 Å². The third-order valence-corrected chi connectivity index (χ3v) is 6.67. The molecule has 118 valence electrons. The second-order valence-corrected chi connectivity index (χ2v) is 8.50. The zero-order valence-electron chi connectivity index (χ0n) is 14.0. The van der Waals surface area contributed by atoms with Gasteiger partial charge >= 0.3 is 0 Å². The normalized spacial score (nSPS) is 19.6. The minimum Gasteiger partial charge on any atom is -0.396 e. The van der Waals surface area contributed by atoms with E-state index in [1.807, 2.05) is 4.90 Å². The van der Waals surface area contributed by atoms with Crippen LogP contribution in [0.1, 0.15) is 44.6 Å². The Morgan fingerprint density at radius 3 is 2.24 bits per heavy atom. The van der Waals surface area contributed by atoms with Gasteiger partial charge in [0, 0.05) is 23.9 Å². The SMILES string of the molecule is Cc1cc(N(CCCO)C(=O)C2C(C)(C)C2(C)C)sc1C. The summed E-state index contributed by atoms with van der Waals surface area (Å²) in [6.45, 7) is 13.6. The highest BCUT2D eigenvalue weighted by Gasteiger charge is 2.68. The number of rotatable bonds is 5. The molecule has 3 nitrogen and oxygen atoms in total. The van der Waals surface area contributed by atoms with Crippen molar-refractivity contribution >= 4 is 22.2 Å². The molecule has 0 unspecified atom stereocenters. The number of aryl methyl sites for hydroxylation is 2. The number of aliphatic hydroxyl groups is 1. The Balaban J connectivity index is 2.27. The van der Waals surface area contributed by atoms with Crippen LogP contribution in [0.15, 0.2) is 6.07 Å². The first-order valence-corrected chi connectivity index (χ1v) is 8.45. The molecule has 1 N–H and O–H groups in total. The molecule has 0 bridgehead atoms.